The maximum Gasteiger partial charge on any atom is 0.231 e. The zero-order valence-electron chi connectivity index (χ0n) is 16.7. The van der Waals surface area contributed by atoms with Gasteiger partial charge in [-0.3, -0.25) is 14.6 Å². The second kappa shape index (κ2) is 8.70. The topological polar surface area (TPSA) is 59.1 Å². The van der Waals surface area contributed by atoms with E-state index in [4.69, 9.17) is 0 Å². The van der Waals surface area contributed by atoms with E-state index in [9.17, 15) is 9.59 Å². The molecule has 0 radical (unpaired) electrons. The number of aldehydes is 1. The van der Waals surface area contributed by atoms with Crippen LogP contribution in [0.4, 0.5) is 5.69 Å². The van der Waals surface area contributed by atoms with E-state index in [1.54, 1.807) is 12.3 Å². The molecule has 1 unspecified atom stereocenters. The van der Waals surface area contributed by atoms with Crippen LogP contribution in [0.3, 0.4) is 0 Å². The molecule has 1 atom stereocenters. The molecule has 4 aromatic rings. The minimum absolute atomic E-state index is 0.0810. The third-order valence-corrected chi connectivity index (χ3v) is 5.38. The summed E-state index contributed by atoms with van der Waals surface area (Å²) in [5, 5.41) is 4.07. The molecule has 4 rings (SSSR count). The number of amides is 1. The Morgan fingerprint density at radius 2 is 1.70 bits per heavy atom. The van der Waals surface area contributed by atoms with Crippen LogP contribution in [0.2, 0.25) is 0 Å². The Morgan fingerprint density at radius 3 is 2.53 bits per heavy atom. The molecule has 4 heteroatoms. The normalized spacial score (nSPS) is 11.8. The Morgan fingerprint density at radius 1 is 0.933 bits per heavy atom. The highest BCUT2D eigenvalue weighted by Gasteiger charge is 2.19. The van der Waals surface area contributed by atoms with Gasteiger partial charge in [0, 0.05) is 29.3 Å². The maximum atomic E-state index is 13.1. The third kappa shape index (κ3) is 3.98. The van der Waals surface area contributed by atoms with E-state index in [2.05, 4.69) is 10.3 Å². The Kier molecular flexibility index (Phi) is 5.66. The number of aromatic nitrogens is 1. The Bertz CT molecular complexity index is 1210. The summed E-state index contributed by atoms with van der Waals surface area (Å²) in [7, 11) is 0. The van der Waals surface area contributed by atoms with Gasteiger partial charge in [0.15, 0.2) is 0 Å². The van der Waals surface area contributed by atoms with Crippen LogP contribution < -0.4 is 5.32 Å². The average Bonchev–Trinajstić information content (AvgIpc) is 2.79. The average molecular weight is 394 g/mol. The number of hydrogen-bond acceptors (Lipinski definition) is 3. The lowest BCUT2D eigenvalue weighted by atomic mass is 9.95. The molecule has 0 aliphatic rings. The number of fused-ring (bicyclic) bond motifs is 1. The van der Waals surface area contributed by atoms with Crippen molar-refractivity contribution in [1.29, 1.82) is 0 Å². The van der Waals surface area contributed by atoms with E-state index in [0.29, 0.717) is 12.0 Å². The fourth-order valence-corrected chi connectivity index (χ4v) is 3.70. The minimum atomic E-state index is -0.340. The molecule has 0 fully saturated rings. The lowest BCUT2D eigenvalue weighted by molar-refractivity contribution is -0.117. The van der Waals surface area contributed by atoms with Crippen LogP contribution in [0.15, 0.2) is 85.1 Å². The Hall–Kier alpha value is -3.79. The van der Waals surface area contributed by atoms with Gasteiger partial charge in [0.05, 0.1) is 11.4 Å². The van der Waals surface area contributed by atoms with E-state index in [0.717, 1.165) is 39.6 Å². The quantitative estimate of drug-likeness (QED) is 0.447. The minimum Gasteiger partial charge on any atom is -0.325 e. The molecular formula is C26H22N2O2. The summed E-state index contributed by atoms with van der Waals surface area (Å²) < 4.78 is 0. The van der Waals surface area contributed by atoms with Gasteiger partial charge in [-0.15, -0.1) is 0 Å². The van der Waals surface area contributed by atoms with Gasteiger partial charge in [-0.2, -0.15) is 0 Å². The summed E-state index contributed by atoms with van der Waals surface area (Å²) in [6, 6.07) is 24.9. The van der Waals surface area contributed by atoms with Gasteiger partial charge in [-0.25, -0.2) is 0 Å². The van der Waals surface area contributed by atoms with E-state index < -0.39 is 0 Å². The first-order chi connectivity index (χ1) is 14.7. The van der Waals surface area contributed by atoms with Crippen molar-refractivity contribution in [2.24, 2.45) is 0 Å². The monoisotopic (exact) mass is 394 g/mol. The molecular weight excluding hydrogens is 372 g/mol. The van der Waals surface area contributed by atoms with Crippen LogP contribution in [0.5, 0.6) is 0 Å². The molecule has 30 heavy (non-hydrogen) atoms. The number of nitrogens with one attached hydrogen (secondary N) is 1. The summed E-state index contributed by atoms with van der Waals surface area (Å²) in [4.78, 5) is 28.8. The largest absolute Gasteiger partial charge is 0.325 e. The molecule has 148 valence electrons. The molecule has 0 saturated carbocycles. The van der Waals surface area contributed by atoms with Gasteiger partial charge in [0.1, 0.15) is 6.29 Å². The van der Waals surface area contributed by atoms with Crippen LogP contribution in [0, 0.1) is 0 Å². The highest BCUT2D eigenvalue weighted by molar-refractivity contribution is 5.99. The van der Waals surface area contributed by atoms with Crippen molar-refractivity contribution in [3.8, 4) is 0 Å². The number of nitrogens with zero attached hydrogens (tertiary/aromatic N) is 1. The number of rotatable bonds is 6. The summed E-state index contributed by atoms with van der Waals surface area (Å²) in [6.45, 7) is 1.90. The molecule has 0 saturated heterocycles. The number of para-hydroxylation sites is 1. The van der Waals surface area contributed by atoms with Crippen molar-refractivity contribution in [3.63, 3.8) is 0 Å². The van der Waals surface area contributed by atoms with Gasteiger partial charge >= 0.3 is 0 Å². The highest BCUT2D eigenvalue weighted by atomic mass is 16.1. The van der Waals surface area contributed by atoms with E-state index in [-0.39, 0.29) is 11.8 Å². The SMILES string of the molecule is CC(C(=O)Nc1ccccc1Cc1ccccc1C=O)c1cccc2ncccc12. The maximum absolute atomic E-state index is 13.1. The number of anilines is 1. The number of benzene rings is 3. The molecule has 0 aliphatic carbocycles. The number of carbonyl (C=O) groups is 2. The zero-order chi connectivity index (χ0) is 20.9. The molecule has 1 aromatic heterocycles. The summed E-state index contributed by atoms with van der Waals surface area (Å²) in [5.74, 6) is -0.421. The first-order valence-electron chi connectivity index (χ1n) is 9.93. The van der Waals surface area contributed by atoms with Crippen molar-refractivity contribution >= 4 is 28.8 Å². The second-order valence-electron chi connectivity index (χ2n) is 7.28. The fourth-order valence-electron chi connectivity index (χ4n) is 3.70. The summed E-state index contributed by atoms with van der Waals surface area (Å²) in [5.41, 5.74) is 5.14. The Labute approximate surface area is 175 Å². The van der Waals surface area contributed by atoms with Gasteiger partial charge in [-0.05, 0) is 41.8 Å². The second-order valence-corrected chi connectivity index (χ2v) is 7.28. The van der Waals surface area contributed by atoms with E-state index in [1.165, 1.54) is 0 Å². The highest BCUT2D eigenvalue weighted by Crippen LogP contribution is 2.27. The summed E-state index contributed by atoms with van der Waals surface area (Å²) in [6.07, 6.45) is 3.19. The first-order valence-corrected chi connectivity index (χ1v) is 9.93. The summed E-state index contributed by atoms with van der Waals surface area (Å²) >= 11 is 0. The van der Waals surface area contributed by atoms with Gasteiger partial charge in [-0.1, -0.05) is 60.7 Å². The van der Waals surface area contributed by atoms with Crippen molar-refractivity contribution in [1.82, 2.24) is 4.98 Å². The fraction of sp³-hybridized carbons (Fsp3) is 0.115. The number of hydrogen-bond donors (Lipinski definition) is 1. The van der Waals surface area contributed by atoms with E-state index >= 15 is 0 Å². The predicted molar refractivity (Wildman–Crippen MR) is 120 cm³/mol. The van der Waals surface area contributed by atoms with Crippen LogP contribution >= 0.6 is 0 Å². The molecule has 4 nitrogen and oxygen atoms in total. The van der Waals surface area contributed by atoms with Crippen molar-refractivity contribution < 1.29 is 9.59 Å². The van der Waals surface area contributed by atoms with Crippen LogP contribution in [-0.4, -0.2) is 17.2 Å². The lowest BCUT2D eigenvalue weighted by Crippen LogP contribution is -2.20. The zero-order valence-corrected chi connectivity index (χ0v) is 16.7. The molecule has 1 heterocycles. The third-order valence-electron chi connectivity index (χ3n) is 5.38. The predicted octanol–water partition coefficient (Wildman–Crippen LogP) is 5.38. The molecule has 1 N–H and O–H groups in total. The molecule has 0 spiro atoms. The first kappa shape index (κ1) is 19.5. The van der Waals surface area contributed by atoms with Crippen LogP contribution in [0.25, 0.3) is 10.9 Å². The van der Waals surface area contributed by atoms with Crippen LogP contribution in [0.1, 0.15) is 39.9 Å². The lowest BCUT2D eigenvalue weighted by Gasteiger charge is -2.17. The van der Waals surface area contributed by atoms with Gasteiger partial charge in [0.2, 0.25) is 5.91 Å². The molecule has 3 aromatic carbocycles. The van der Waals surface area contributed by atoms with Crippen LogP contribution in [-0.2, 0) is 11.2 Å². The van der Waals surface area contributed by atoms with Crippen molar-refractivity contribution in [3.05, 3.63) is 107 Å². The number of pyridine rings is 1. The molecule has 1 amide bonds. The van der Waals surface area contributed by atoms with Gasteiger partial charge < -0.3 is 5.32 Å². The molecule has 0 aliphatic heterocycles. The molecule has 0 bridgehead atoms. The smallest absolute Gasteiger partial charge is 0.231 e. The van der Waals surface area contributed by atoms with E-state index in [1.807, 2.05) is 79.7 Å². The van der Waals surface area contributed by atoms with Crippen molar-refractivity contribution in [2.75, 3.05) is 5.32 Å². The van der Waals surface area contributed by atoms with Gasteiger partial charge in [0.25, 0.3) is 0 Å². The number of carbonyl (C=O) groups excluding carboxylic acids is 2. The standard InChI is InChI=1S/C26H22N2O2/c1-18(22-11-6-14-25-23(22)12-7-15-27-25)26(30)28-24-13-5-4-9-20(24)16-19-8-2-3-10-21(19)17-29/h2-15,17-18H,16H2,1H3,(H,28,30). The van der Waals surface area contributed by atoms with Crippen molar-refractivity contribution in [2.45, 2.75) is 19.3 Å². The Balaban J connectivity index is 1.60.